The number of fused-ring (bicyclic) bond motifs is 2. The molecule has 0 amide bonds. The van der Waals surface area contributed by atoms with Crippen molar-refractivity contribution in [3.8, 4) is 0 Å². The van der Waals surface area contributed by atoms with Gasteiger partial charge in [0, 0.05) is 5.56 Å². The van der Waals surface area contributed by atoms with Gasteiger partial charge in [-0.15, -0.1) is 5.10 Å². The van der Waals surface area contributed by atoms with E-state index in [9.17, 15) is 9.59 Å². The highest BCUT2D eigenvalue weighted by atomic mass is 16.5. The molecular weight excluding hydrogens is 476 g/mol. The summed E-state index contributed by atoms with van der Waals surface area (Å²) >= 11 is 0. The van der Waals surface area contributed by atoms with Crippen LogP contribution in [-0.2, 0) is 9.53 Å². The molecule has 0 spiro atoms. The van der Waals surface area contributed by atoms with Gasteiger partial charge in [-0.3, -0.25) is 9.69 Å². The number of nitrogens with zero attached hydrogens (tertiary/aromatic N) is 4. The fourth-order valence-electron chi connectivity index (χ4n) is 4.94. The van der Waals surface area contributed by atoms with Gasteiger partial charge in [-0.2, -0.15) is 5.01 Å². The number of carbonyl (C=O) groups is 2. The molecule has 1 unspecified atom stereocenters. The molecule has 0 saturated heterocycles. The largest absolute Gasteiger partial charge is 0.466 e. The SMILES string of the molecule is COC(=O)C1=C(C)N=C2N(c3ccccc3)N=C(C(=O)c3ccc4ccccc4c3)N2C1c1ccccc1. The van der Waals surface area contributed by atoms with Gasteiger partial charge in [-0.25, -0.2) is 9.79 Å². The normalized spacial score (nSPS) is 16.7. The minimum absolute atomic E-state index is 0.172. The number of rotatable bonds is 5. The number of para-hydroxylation sites is 1. The van der Waals surface area contributed by atoms with Crippen LogP contribution >= 0.6 is 0 Å². The Morgan fingerprint density at radius 3 is 2.18 bits per heavy atom. The van der Waals surface area contributed by atoms with Gasteiger partial charge in [0.25, 0.3) is 0 Å². The minimum atomic E-state index is -0.659. The van der Waals surface area contributed by atoms with Crippen molar-refractivity contribution in [1.29, 1.82) is 0 Å². The molecule has 0 saturated carbocycles. The van der Waals surface area contributed by atoms with Crippen molar-refractivity contribution in [3.63, 3.8) is 0 Å². The fourth-order valence-corrected chi connectivity index (χ4v) is 4.94. The molecule has 38 heavy (non-hydrogen) atoms. The van der Waals surface area contributed by atoms with E-state index in [0.29, 0.717) is 22.8 Å². The maximum atomic E-state index is 14.1. The summed E-state index contributed by atoms with van der Waals surface area (Å²) < 4.78 is 5.17. The average molecular weight is 501 g/mol. The van der Waals surface area contributed by atoms with Gasteiger partial charge < -0.3 is 4.74 Å². The van der Waals surface area contributed by atoms with Gasteiger partial charge in [0.2, 0.25) is 17.6 Å². The van der Waals surface area contributed by atoms with Crippen LogP contribution in [0, 0.1) is 0 Å². The lowest BCUT2D eigenvalue weighted by atomic mass is 9.93. The highest BCUT2D eigenvalue weighted by Gasteiger charge is 2.46. The zero-order chi connectivity index (χ0) is 26.2. The van der Waals surface area contributed by atoms with E-state index in [2.05, 4.69) is 0 Å². The molecule has 4 aromatic carbocycles. The smallest absolute Gasteiger partial charge is 0.338 e. The zero-order valence-corrected chi connectivity index (χ0v) is 20.9. The van der Waals surface area contributed by atoms with E-state index < -0.39 is 12.0 Å². The number of carbonyl (C=O) groups excluding carboxylic acids is 2. The Morgan fingerprint density at radius 1 is 0.816 bits per heavy atom. The second-order valence-corrected chi connectivity index (χ2v) is 9.05. The van der Waals surface area contributed by atoms with Crippen molar-refractivity contribution in [2.24, 2.45) is 10.1 Å². The van der Waals surface area contributed by atoms with Crippen molar-refractivity contribution in [2.75, 3.05) is 12.1 Å². The summed E-state index contributed by atoms with van der Waals surface area (Å²) in [5.41, 5.74) is 2.92. The van der Waals surface area contributed by atoms with Gasteiger partial charge in [0.15, 0.2) is 0 Å². The Kier molecular flexibility index (Phi) is 5.81. The summed E-state index contributed by atoms with van der Waals surface area (Å²) in [5.74, 6) is -0.161. The summed E-state index contributed by atoms with van der Waals surface area (Å²) in [4.78, 5) is 33.8. The second kappa shape index (κ2) is 9.44. The molecule has 0 bridgehead atoms. The van der Waals surface area contributed by atoms with E-state index in [1.807, 2.05) is 97.1 Å². The molecule has 7 nitrogen and oxygen atoms in total. The number of methoxy groups -OCH3 is 1. The summed E-state index contributed by atoms with van der Waals surface area (Å²) in [6.07, 6.45) is 0. The van der Waals surface area contributed by atoms with Crippen LogP contribution in [0.15, 0.2) is 124 Å². The molecule has 0 N–H and O–H groups in total. The maximum absolute atomic E-state index is 14.1. The second-order valence-electron chi connectivity index (χ2n) is 9.05. The Balaban J connectivity index is 1.55. The van der Waals surface area contributed by atoms with Crippen LogP contribution in [0.25, 0.3) is 10.8 Å². The summed E-state index contributed by atoms with van der Waals surface area (Å²) in [6, 6.07) is 31.9. The number of guanidine groups is 1. The van der Waals surface area contributed by atoms with Crippen LogP contribution in [0.5, 0.6) is 0 Å². The number of allylic oxidation sites excluding steroid dienone is 1. The number of aliphatic imine (C=N–C) groups is 1. The molecule has 186 valence electrons. The van der Waals surface area contributed by atoms with Crippen LogP contribution in [0.1, 0.15) is 28.9 Å². The Morgan fingerprint density at radius 2 is 1.47 bits per heavy atom. The molecule has 4 aromatic rings. The number of hydrogen-bond donors (Lipinski definition) is 0. The lowest BCUT2D eigenvalue weighted by Crippen LogP contribution is -2.46. The van der Waals surface area contributed by atoms with Crippen molar-refractivity contribution < 1.29 is 14.3 Å². The Labute approximate surface area is 220 Å². The van der Waals surface area contributed by atoms with Crippen LogP contribution in [0.4, 0.5) is 5.69 Å². The van der Waals surface area contributed by atoms with Crippen LogP contribution in [0.3, 0.4) is 0 Å². The fraction of sp³-hybridized carbons (Fsp3) is 0.0968. The molecule has 6 rings (SSSR count). The highest BCUT2D eigenvalue weighted by molar-refractivity contribution is 6.49. The van der Waals surface area contributed by atoms with Gasteiger partial charge >= 0.3 is 5.97 Å². The van der Waals surface area contributed by atoms with Crippen molar-refractivity contribution in [2.45, 2.75) is 13.0 Å². The first-order valence-corrected chi connectivity index (χ1v) is 12.3. The monoisotopic (exact) mass is 500 g/mol. The lowest BCUT2D eigenvalue weighted by molar-refractivity contribution is -0.136. The number of hydrazone groups is 1. The number of ether oxygens (including phenoxy) is 1. The molecule has 0 aliphatic carbocycles. The summed E-state index contributed by atoms with van der Waals surface area (Å²) in [5, 5.41) is 8.45. The number of amidine groups is 1. The predicted molar refractivity (Wildman–Crippen MR) is 148 cm³/mol. The average Bonchev–Trinajstić information content (AvgIpc) is 3.35. The standard InChI is InChI=1S/C31H24N4O3/c1-20-26(30(37)38-2)27(22-12-5-3-6-13-22)34-29(33-35(31(34)32-20)25-15-7-4-8-16-25)28(36)24-18-17-21-11-9-10-14-23(21)19-24/h3-19,27H,1-2H3. The number of ketones is 1. The van der Waals surface area contributed by atoms with E-state index in [1.54, 1.807) is 22.9 Å². The van der Waals surface area contributed by atoms with Gasteiger partial charge in [0.05, 0.1) is 30.1 Å². The molecule has 7 heteroatoms. The number of esters is 1. The van der Waals surface area contributed by atoms with Gasteiger partial charge in [-0.1, -0.05) is 84.9 Å². The number of benzene rings is 4. The van der Waals surface area contributed by atoms with E-state index >= 15 is 0 Å². The quantitative estimate of drug-likeness (QED) is 0.259. The number of hydrogen-bond acceptors (Lipinski definition) is 7. The molecule has 0 radical (unpaired) electrons. The van der Waals surface area contributed by atoms with Crippen LogP contribution in [-0.4, -0.2) is 35.6 Å². The molecule has 0 aromatic heterocycles. The Hall–Kier alpha value is -5.04. The molecule has 2 aliphatic heterocycles. The van der Waals surface area contributed by atoms with Crippen LogP contribution in [0.2, 0.25) is 0 Å². The topological polar surface area (TPSA) is 74.6 Å². The zero-order valence-electron chi connectivity index (χ0n) is 20.9. The third kappa shape index (κ3) is 3.85. The van der Waals surface area contributed by atoms with Gasteiger partial charge in [-0.05, 0) is 41.5 Å². The lowest BCUT2D eigenvalue weighted by Gasteiger charge is -2.35. The summed E-state index contributed by atoms with van der Waals surface area (Å²) in [6.45, 7) is 1.78. The van der Waals surface area contributed by atoms with E-state index in [-0.39, 0.29) is 11.6 Å². The molecule has 0 fully saturated rings. The van der Waals surface area contributed by atoms with Crippen molar-refractivity contribution >= 4 is 40.0 Å². The molecular formula is C31H24N4O3. The highest BCUT2D eigenvalue weighted by Crippen LogP contribution is 2.40. The van der Waals surface area contributed by atoms with E-state index in [1.165, 1.54) is 7.11 Å². The molecule has 2 heterocycles. The van der Waals surface area contributed by atoms with E-state index in [4.69, 9.17) is 14.8 Å². The first kappa shape index (κ1) is 23.4. The van der Waals surface area contributed by atoms with Crippen molar-refractivity contribution in [1.82, 2.24) is 4.90 Å². The van der Waals surface area contributed by atoms with Crippen LogP contribution < -0.4 is 5.01 Å². The first-order chi connectivity index (χ1) is 18.6. The minimum Gasteiger partial charge on any atom is -0.466 e. The van der Waals surface area contributed by atoms with E-state index in [0.717, 1.165) is 22.0 Å². The first-order valence-electron chi connectivity index (χ1n) is 12.3. The third-order valence-corrected chi connectivity index (χ3v) is 6.75. The van der Waals surface area contributed by atoms with Crippen molar-refractivity contribution in [3.05, 3.63) is 126 Å². The molecule has 2 aliphatic rings. The number of Topliss-reactive ketones (excluding diaryl/α,β-unsaturated/α-hetero) is 1. The Bertz CT molecular complexity index is 1660. The van der Waals surface area contributed by atoms with Gasteiger partial charge in [0.1, 0.15) is 0 Å². The summed E-state index contributed by atoms with van der Waals surface area (Å²) in [7, 11) is 1.35. The third-order valence-electron chi connectivity index (χ3n) is 6.75. The predicted octanol–water partition coefficient (Wildman–Crippen LogP) is 5.72. The maximum Gasteiger partial charge on any atom is 0.338 e. The molecule has 1 atom stereocenters. The number of anilines is 1.